The minimum absolute atomic E-state index is 0.121. The molecule has 5 nitrogen and oxygen atoms in total. The number of amides is 1. The van der Waals surface area contributed by atoms with Crippen LogP contribution in [-0.2, 0) is 10.2 Å². The van der Waals surface area contributed by atoms with Gasteiger partial charge in [-0.2, -0.15) is 0 Å². The highest BCUT2D eigenvalue weighted by atomic mass is 32.2. The molecule has 4 aliphatic carbocycles. The molecule has 1 aromatic rings. The molecule has 6 heteroatoms. The lowest BCUT2D eigenvalue weighted by molar-refractivity contribution is -0.133. The largest absolute Gasteiger partial charge is 0.415 e. The summed E-state index contributed by atoms with van der Waals surface area (Å²) in [7, 11) is 0. The molecule has 27 heavy (non-hydrogen) atoms. The van der Waals surface area contributed by atoms with Crippen LogP contribution in [-0.4, -0.2) is 38.3 Å². The minimum Gasteiger partial charge on any atom is -0.415 e. The van der Waals surface area contributed by atoms with Gasteiger partial charge in [-0.3, -0.25) is 4.79 Å². The molecule has 0 N–H and O–H groups in total. The Labute approximate surface area is 167 Å². The lowest BCUT2D eigenvalue weighted by atomic mass is 9.49. The van der Waals surface area contributed by atoms with Crippen molar-refractivity contribution < 1.29 is 9.21 Å². The number of hydrogen-bond acceptors (Lipinski definition) is 5. The monoisotopic (exact) mass is 391 g/mol. The fourth-order valence-electron chi connectivity index (χ4n) is 6.36. The number of nitrogens with zero attached hydrogens (tertiary/aromatic N) is 3. The zero-order chi connectivity index (χ0) is 19.3. The van der Waals surface area contributed by atoms with E-state index in [1.807, 2.05) is 11.8 Å². The fraction of sp³-hybridized carbons (Fsp3) is 0.857. The fourth-order valence-corrected chi connectivity index (χ4v) is 7.10. The van der Waals surface area contributed by atoms with Crippen molar-refractivity contribution in [3.05, 3.63) is 5.89 Å². The first-order valence-electron chi connectivity index (χ1n) is 10.6. The van der Waals surface area contributed by atoms with Gasteiger partial charge < -0.3 is 9.32 Å². The maximum atomic E-state index is 12.9. The van der Waals surface area contributed by atoms with Crippen molar-refractivity contribution in [2.45, 2.75) is 101 Å². The van der Waals surface area contributed by atoms with Crippen molar-refractivity contribution in [3.63, 3.8) is 0 Å². The van der Waals surface area contributed by atoms with Crippen LogP contribution in [0, 0.1) is 17.8 Å². The number of hydrogen-bond donors (Lipinski definition) is 0. The van der Waals surface area contributed by atoms with Crippen LogP contribution in [0.4, 0.5) is 0 Å². The minimum atomic E-state index is -0.223. The number of rotatable bonds is 6. The van der Waals surface area contributed by atoms with Gasteiger partial charge in [-0.1, -0.05) is 11.8 Å². The van der Waals surface area contributed by atoms with Crippen LogP contribution in [0.25, 0.3) is 0 Å². The second-order valence-electron chi connectivity index (χ2n) is 9.76. The number of aromatic nitrogens is 2. The summed E-state index contributed by atoms with van der Waals surface area (Å²) >= 11 is 1.41. The van der Waals surface area contributed by atoms with Crippen LogP contribution in [0.3, 0.4) is 0 Å². The van der Waals surface area contributed by atoms with Gasteiger partial charge in [0.25, 0.3) is 5.22 Å². The van der Waals surface area contributed by atoms with Crippen molar-refractivity contribution >= 4 is 17.7 Å². The Kier molecular flexibility index (Phi) is 5.06. The summed E-state index contributed by atoms with van der Waals surface area (Å²) in [5.74, 6) is 3.54. The Bertz CT molecular complexity index is 656. The van der Waals surface area contributed by atoms with Crippen LogP contribution >= 0.6 is 11.8 Å². The Balaban J connectivity index is 1.46. The molecule has 0 spiro atoms. The predicted molar refractivity (Wildman–Crippen MR) is 107 cm³/mol. The molecular formula is C21H33N3O2S. The van der Waals surface area contributed by atoms with Gasteiger partial charge in [0.2, 0.25) is 11.8 Å². The third-order valence-corrected chi connectivity index (χ3v) is 7.81. The lowest BCUT2D eigenvalue weighted by Gasteiger charge is -2.55. The maximum Gasteiger partial charge on any atom is 0.277 e. The van der Waals surface area contributed by atoms with Crippen molar-refractivity contribution in [2.75, 3.05) is 0 Å². The summed E-state index contributed by atoms with van der Waals surface area (Å²) in [4.78, 5) is 14.8. The molecule has 0 unspecified atom stereocenters. The SMILES string of the molecule is CC(C)N(C(=O)[C@H](C)Sc1nnc(C23CC4CC(CC(C4)C2)C3)o1)C(C)C. The normalized spacial score (nSPS) is 33.1. The molecule has 1 heterocycles. The van der Waals surface area contributed by atoms with Crippen molar-refractivity contribution in [2.24, 2.45) is 17.8 Å². The van der Waals surface area contributed by atoms with Crippen molar-refractivity contribution in [1.29, 1.82) is 0 Å². The van der Waals surface area contributed by atoms with Gasteiger partial charge in [-0.05, 0) is 90.9 Å². The molecule has 0 saturated heterocycles. The number of thioether (sulfide) groups is 1. The second kappa shape index (κ2) is 7.09. The van der Waals surface area contributed by atoms with Crippen molar-refractivity contribution in [3.8, 4) is 0 Å². The molecule has 1 atom stereocenters. The Hall–Kier alpha value is -1.04. The van der Waals surface area contributed by atoms with E-state index in [1.54, 1.807) is 0 Å². The topological polar surface area (TPSA) is 59.2 Å². The predicted octanol–water partition coefficient (Wildman–Crippen LogP) is 4.66. The van der Waals surface area contributed by atoms with E-state index in [4.69, 9.17) is 4.42 Å². The number of carbonyl (C=O) groups excluding carboxylic acids is 1. The number of carbonyl (C=O) groups is 1. The van der Waals surface area contributed by atoms with Gasteiger partial charge in [-0.25, -0.2) is 0 Å². The molecule has 150 valence electrons. The third-order valence-electron chi connectivity index (χ3n) is 6.89. The molecule has 1 aromatic heterocycles. The Morgan fingerprint density at radius 3 is 2.00 bits per heavy atom. The summed E-state index contributed by atoms with van der Waals surface area (Å²) in [6, 6.07) is 0.372. The molecule has 0 aliphatic heterocycles. The van der Waals surface area contributed by atoms with E-state index in [2.05, 4.69) is 37.9 Å². The van der Waals surface area contributed by atoms with E-state index in [-0.39, 0.29) is 28.7 Å². The summed E-state index contributed by atoms with van der Waals surface area (Å²) < 4.78 is 6.16. The maximum absolute atomic E-state index is 12.9. The van der Waals surface area contributed by atoms with E-state index in [9.17, 15) is 4.79 Å². The van der Waals surface area contributed by atoms with Crippen LogP contribution in [0.5, 0.6) is 0 Å². The van der Waals surface area contributed by atoms with Gasteiger partial charge in [0, 0.05) is 17.5 Å². The summed E-state index contributed by atoms with van der Waals surface area (Å²) in [5.41, 5.74) is 0.121. The molecule has 1 amide bonds. The quantitative estimate of drug-likeness (QED) is 0.660. The highest BCUT2D eigenvalue weighted by Crippen LogP contribution is 2.60. The highest BCUT2D eigenvalue weighted by Gasteiger charge is 2.54. The molecule has 4 bridgehead atoms. The molecular weight excluding hydrogens is 358 g/mol. The average Bonchev–Trinajstić information content (AvgIpc) is 3.02. The van der Waals surface area contributed by atoms with E-state index < -0.39 is 0 Å². The molecule has 4 aliphatic rings. The molecule has 0 radical (unpaired) electrons. The Morgan fingerprint density at radius 1 is 1.00 bits per heavy atom. The first-order valence-corrected chi connectivity index (χ1v) is 11.5. The van der Waals surface area contributed by atoms with E-state index in [0.717, 1.165) is 23.6 Å². The van der Waals surface area contributed by atoms with Crippen LogP contribution in [0.15, 0.2) is 9.64 Å². The lowest BCUT2D eigenvalue weighted by Crippen LogP contribution is -2.48. The molecule has 0 aromatic carbocycles. The van der Waals surface area contributed by atoms with E-state index in [0.29, 0.717) is 5.22 Å². The third kappa shape index (κ3) is 3.54. The standard InChI is InChI=1S/C21H33N3O2S/c1-12(2)24(13(3)4)18(25)14(5)27-20-23-22-19(26-20)21-9-15-6-16(10-21)8-17(7-15)11-21/h12-17H,6-11H2,1-5H3/t14-,15?,16?,17?,21?/m0/s1. The Morgan fingerprint density at radius 2 is 1.52 bits per heavy atom. The zero-order valence-electron chi connectivity index (χ0n) is 17.3. The first kappa shape index (κ1) is 19.3. The van der Waals surface area contributed by atoms with Crippen molar-refractivity contribution in [1.82, 2.24) is 15.1 Å². The zero-order valence-corrected chi connectivity index (χ0v) is 18.1. The van der Waals surface area contributed by atoms with Gasteiger partial charge in [0.1, 0.15) is 0 Å². The summed E-state index contributed by atoms with van der Waals surface area (Å²) in [6.07, 6.45) is 7.86. The van der Waals surface area contributed by atoms with Crippen LogP contribution in [0.2, 0.25) is 0 Å². The molecule has 4 fully saturated rings. The van der Waals surface area contributed by atoms with Gasteiger partial charge in [-0.15, -0.1) is 10.2 Å². The van der Waals surface area contributed by atoms with Gasteiger partial charge in [0.05, 0.1) is 5.25 Å². The highest BCUT2D eigenvalue weighted by molar-refractivity contribution is 8.00. The summed E-state index contributed by atoms with van der Waals surface area (Å²) in [5, 5.41) is 9.12. The summed E-state index contributed by atoms with van der Waals surface area (Å²) in [6.45, 7) is 10.2. The molecule has 5 rings (SSSR count). The van der Waals surface area contributed by atoms with Crippen LogP contribution < -0.4 is 0 Å². The van der Waals surface area contributed by atoms with Gasteiger partial charge in [0.15, 0.2) is 0 Å². The first-order chi connectivity index (χ1) is 12.8. The average molecular weight is 392 g/mol. The van der Waals surface area contributed by atoms with E-state index in [1.165, 1.54) is 50.3 Å². The van der Waals surface area contributed by atoms with Gasteiger partial charge >= 0.3 is 0 Å². The smallest absolute Gasteiger partial charge is 0.277 e. The molecule has 4 saturated carbocycles. The second-order valence-corrected chi connectivity index (χ2v) is 11.1. The van der Waals surface area contributed by atoms with Crippen LogP contribution in [0.1, 0.15) is 79.0 Å². The van der Waals surface area contributed by atoms with E-state index >= 15 is 0 Å².